The molecule has 0 saturated carbocycles. The Hall–Kier alpha value is -1.71. The van der Waals surface area contributed by atoms with Gasteiger partial charge < -0.3 is 4.90 Å². The Kier molecular flexibility index (Phi) is 4.64. The van der Waals surface area contributed by atoms with Gasteiger partial charge in [-0.2, -0.15) is 0 Å². The summed E-state index contributed by atoms with van der Waals surface area (Å²) in [5.74, 6) is -0.896. The number of rotatable bonds is 5. The molecule has 1 amide bonds. The molecule has 0 saturated heterocycles. The highest BCUT2D eigenvalue weighted by molar-refractivity contribution is 5.94. The zero-order valence-corrected chi connectivity index (χ0v) is 9.32. The van der Waals surface area contributed by atoms with Gasteiger partial charge in [-0.25, -0.2) is 4.39 Å². The second-order valence-corrected chi connectivity index (χ2v) is 3.51. The summed E-state index contributed by atoms with van der Waals surface area (Å²) in [7, 11) is 1.66. The maximum absolute atomic E-state index is 13.3. The van der Waals surface area contributed by atoms with E-state index in [-0.39, 0.29) is 11.5 Å². The van der Waals surface area contributed by atoms with Gasteiger partial charge >= 0.3 is 0 Å². The Bertz CT molecular complexity index is 379. The van der Waals surface area contributed by atoms with Crippen LogP contribution in [0, 0.1) is 5.82 Å². The van der Waals surface area contributed by atoms with Gasteiger partial charge in [-0.1, -0.05) is 6.08 Å². The number of unbranched alkanes of at least 4 members (excludes halogenated alkanes) is 1. The van der Waals surface area contributed by atoms with Crippen LogP contribution < -0.4 is 0 Å². The molecule has 0 N–H and O–H groups in total. The molecule has 16 heavy (non-hydrogen) atoms. The van der Waals surface area contributed by atoms with Gasteiger partial charge in [0.05, 0.1) is 11.8 Å². The van der Waals surface area contributed by atoms with Gasteiger partial charge in [0.2, 0.25) is 0 Å². The number of aromatic nitrogens is 1. The first-order valence-electron chi connectivity index (χ1n) is 5.12. The first-order chi connectivity index (χ1) is 7.66. The van der Waals surface area contributed by atoms with Crippen LogP contribution in [0.4, 0.5) is 4.39 Å². The zero-order chi connectivity index (χ0) is 12.0. The molecular weight excluding hydrogens is 207 g/mol. The number of hydrogen-bond donors (Lipinski definition) is 0. The summed E-state index contributed by atoms with van der Waals surface area (Å²) < 4.78 is 13.3. The van der Waals surface area contributed by atoms with Crippen molar-refractivity contribution in [2.24, 2.45) is 0 Å². The molecular formula is C12H15FN2O. The molecule has 0 fully saturated rings. The van der Waals surface area contributed by atoms with Crippen molar-refractivity contribution in [3.05, 3.63) is 42.5 Å². The lowest BCUT2D eigenvalue weighted by atomic mass is 10.2. The van der Waals surface area contributed by atoms with Crippen LogP contribution >= 0.6 is 0 Å². The van der Waals surface area contributed by atoms with E-state index in [1.54, 1.807) is 13.1 Å². The van der Waals surface area contributed by atoms with E-state index in [1.807, 2.05) is 0 Å². The lowest BCUT2D eigenvalue weighted by Crippen LogP contribution is -2.28. The van der Waals surface area contributed by atoms with Crippen molar-refractivity contribution in [1.82, 2.24) is 9.88 Å². The van der Waals surface area contributed by atoms with Crippen LogP contribution in [0.5, 0.6) is 0 Å². The van der Waals surface area contributed by atoms with Crippen molar-refractivity contribution in [1.29, 1.82) is 0 Å². The molecule has 0 unspecified atom stereocenters. The molecule has 0 aliphatic carbocycles. The minimum atomic E-state index is -0.580. The maximum atomic E-state index is 13.3. The highest BCUT2D eigenvalue weighted by Gasteiger charge is 2.15. The van der Waals surface area contributed by atoms with Gasteiger partial charge in [0.1, 0.15) is 0 Å². The van der Waals surface area contributed by atoms with Gasteiger partial charge in [-0.15, -0.1) is 6.58 Å². The van der Waals surface area contributed by atoms with Crippen molar-refractivity contribution in [2.75, 3.05) is 13.6 Å². The Labute approximate surface area is 94.6 Å². The first kappa shape index (κ1) is 12.4. The van der Waals surface area contributed by atoms with Crippen molar-refractivity contribution < 1.29 is 9.18 Å². The molecule has 3 nitrogen and oxygen atoms in total. The van der Waals surface area contributed by atoms with E-state index in [4.69, 9.17) is 0 Å². The minimum Gasteiger partial charge on any atom is -0.342 e. The molecule has 1 aromatic heterocycles. The molecule has 1 rings (SSSR count). The number of halogens is 1. The average molecular weight is 222 g/mol. The number of carbonyl (C=O) groups excluding carboxylic acids is 1. The van der Waals surface area contributed by atoms with E-state index >= 15 is 0 Å². The van der Waals surface area contributed by atoms with Crippen LogP contribution in [0.1, 0.15) is 23.2 Å². The zero-order valence-electron chi connectivity index (χ0n) is 9.32. The maximum Gasteiger partial charge on any atom is 0.256 e. The van der Waals surface area contributed by atoms with Gasteiger partial charge in [0.15, 0.2) is 5.82 Å². The van der Waals surface area contributed by atoms with Crippen LogP contribution in [0.25, 0.3) is 0 Å². The van der Waals surface area contributed by atoms with Crippen molar-refractivity contribution in [2.45, 2.75) is 12.8 Å². The number of amides is 1. The number of nitrogens with zero attached hydrogens (tertiary/aromatic N) is 2. The number of allylic oxidation sites excluding steroid dienone is 1. The van der Waals surface area contributed by atoms with E-state index in [0.29, 0.717) is 6.54 Å². The number of hydrogen-bond acceptors (Lipinski definition) is 2. The molecule has 0 aromatic carbocycles. The first-order valence-corrected chi connectivity index (χ1v) is 5.12. The molecule has 0 bridgehead atoms. The third-order valence-corrected chi connectivity index (χ3v) is 2.25. The van der Waals surface area contributed by atoms with Crippen LogP contribution in [-0.4, -0.2) is 29.4 Å². The monoisotopic (exact) mass is 222 g/mol. The summed E-state index contributed by atoms with van der Waals surface area (Å²) in [6.45, 7) is 4.19. The molecule has 0 aliphatic rings. The number of carbonyl (C=O) groups is 1. The Morgan fingerprint density at radius 1 is 1.69 bits per heavy atom. The van der Waals surface area contributed by atoms with Gasteiger partial charge in [0.25, 0.3) is 5.91 Å². The lowest BCUT2D eigenvalue weighted by molar-refractivity contribution is 0.0789. The smallest absolute Gasteiger partial charge is 0.256 e. The molecule has 4 heteroatoms. The van der Waals surface area contributed by atoms with Crippen LogP contribution in [0.3, 0.4) is 0 Å². The topological polar surface area (TPSA) is 33.2 Å². The fraction of sp³-hybridized carbons (Fsp3) is 0.333. The van der Waals surface area contributed by atoms with Crippen molar-refractivity contribution in [3.63, 3.8) is 0 Å². The number of pyridine rings is 1. The summed E-state index contributed by atoms with van der Waals surface area (Å²) >= 11 is 0. The van der Waals surface area contributed by atoms with Crippen LogP contribution in [0.15, 0.2) is 31.1 Å². The Balaban J connectivity index is 2.63. The van der Waals surface area contributed by atoms with Crippen LogP contribution in [-0.2, 0) is 0 Å². The standard InChI is InChI=1S/C12H15FN2O/c1-3-4-5-8-15(2)12(16)10-6-7-14-9-11(10)13/h3,6-7,9H,1,4-5,8H2,2H3. The molecule has 0 spiro atoms. The summed E-state index contributed by atoms with van der Waals surface area (Å²) in [4.78, 5) is 16.9. The lowest BCUT2D eigenvalue weighted by Gasteiger charge is -2.16. The SMILES string of the molecule is C=CCCCN(C)C(=O)c1ccncc1F. The second-order valence-electron chi connectivity index (χ2n) is 3.51. The van der Waals surface area contributed by atoms with E-state index in [0.717, 1.165) is 19.0 Å². The van der Waals surface area contributed by atoms with E-state index in [9.17, 15) is 9.18 Å². The van der Waals surface area contributed by atoms with Crippen LogP contribution in [0.2, 0.25) is 0 Å². The van der Waals surface area contributed by atoms with Crippen molar-refractivity contribution >= 4 is 5.91 Å². The normalized spacial score (nSPS) is 9.88. The average Bonchev–Trinajstić information content (AvgIpc) is 2.29. The fourth-order valence-electron chi connectivity index (χ4n) is 1.33. The molecule has 0 atom stereocenters. The molecule has 0 radical (unpaired) electrons. The molecule has 86 valence electrons. The van der Waals surface area contributed by atoms with E-state index in [2.05, 4.69) is 11.6 Å². The summed E-state index contributed by atoms with van der Waals surface area (Å²) in [5.41, 5.74) is 0.0658. The molecule has 1 heterocycles. The van der Waals surface area contributed by atoms with E-state index in [1.165, 1.54) is 17.2 Å². The summed E-state index contributed by atoms with van der Waals surface area (Å²) in [6.07, 6.45) is 5.93. The fourth-order valence-corrected chi connectivity index (χ4v) is 1.33. The highest BCUT2D eigenvalue weighted by atomic mass is 19.1. The van der Waals surface area contributed by atoms with Gasteiger partial charge in [-0.3, -0.25) is 9.78 Å². The third-order valence-electron chi connectivity index (χ3n) is 2.25. The molecule has 0 aliphatic heterocycles. The highest BCUT2D eigenvalue weighted by Crippen LogP contribution is 2.08. The second kappa shape index (κ2) is 6.00. The van der Waals surface area contributed by atoms with Gasteiger partial charge in [-0.05, 0) is 18.9 Å². The largest absolute Gasteiger partial charge is 0.342 e. The van der Waals surface area contributed by atoms with E-state index < -0.39 is 5.82 Å². The molecule has 1 aromatic rings. The minimum absolute atomic E-state index is 0.0658. The van der Waals surface area contributed by atoms with Crippen molar-refractivity contribution in [3.8, 4) is 0 Å². The summed E-state index contributed by atoms with van der Waals surface area (Å²) in [5, 5.41) is 0. The quantitative estimate of drug-likeness (QED) is 0.565. The predicted molar refractivity (Wildman–Crippen MR) is 60.6 cm³/mol. The third kappa shape index (κ3) is 3.15. The predicted octanol–water partition coefficient (Wildman–Crippen LogP) is 2.26. The Morgan fingerprint density at radius 2 is 2.44 bits per heavy atom. The summed E-state index contributed by atoms with van der Waals surface area (Å²) in [6, 6.07) is 1.39. The Morgan fingerprint density at radius 3 is 3.06 bits per heavy atom. The van der Waals surface area contributed by atoms with Gasteiger partial charge in [0, 0.05) is 19.8 Å².